The van der Waals surface area contributed by atoms with Crippen LogP contribution in [0.15, 0.2) is 42.5 Å². The van der Waals surface area contributed by atoms with Crippen LogP contribution >= 0.6 is 0 Å². The molecule has 1 amide bonds. The second kappa shape index (κ2) is 5.60. The van der Waals surface area contributed by atoms with E-state index in [1.54, 1.807) is 0 Å². The fraction of sp³-hybridized carbons (Fsp3) is 0.278. The second-order valence-electron chi connectivity index (χ2n) is 5.68. The zero-order valence-electron chi connectivity index (χ0n) is 12.1. The Hall–Kier alpha value is -2.29. The Balaban J connectivity index is 2.00. The maximum absolute atomic E-state index is 11.0. The van der Waals surface area contributed by atoms with Crippen LogP contribution in [0.25, 0.3) is 11.1 Å². The van der Waals surface area contributed by atoms with Crippen molar-refractivity contribution in [2.45, 2.75) is 32.2 Å². The van der Waals surface area contributed by atoms with Crippen LogP contribution in [0.2, 0.25) is 0 Å². The van der Waals surface area contributed by atoms with Crippen molar-refractivity contribution in [3.8, 4) is 11.1 Å². The average Bonchev–Trinajstić information content (AvgIpc) is 2.47. The first-order chi connectivity index (χ1) is 10.1. The van der Waals surface area contributed by atoms with Crippen LogP contribution in [0.4, 0.5) is 4.79 Å². The highest BCUT2D eigenvalue weighted by Crippen LogP contribution is 2.33. The van der Waals surface area contributed by atoms with E-state index in [1.165, 1.54) is 16.7 Å². The number of fused-ring (bicyclic) bond motifs is 1. The molecule has 3 rings (SSSR count). The average molecular weight is 281 g/mol. The van der Waals surface area contributed by atoms with Crippen molar-refractivity contribution in [1.82, 2.24) is 5.32 Å². The molecule has 1 aliphatic carbocycles. The molecule has 0 saturated heterocycles. The quantitative estimate of drug-likeness (QED) is 0.862. The molecule has 21 heavy (non-hydrogen) atoms. The van der Waals surface area contributed by atoms with Crippen LogP contribution in [-0.2, 0) is 6.42 Å². The molecule has 1 aliphatic rings. The molecule has 0 aliphatic heterocycles. The summed E-state index contributed by atoms with van der Waals surface area (Å²) >= 11 is 0. The van der Waals surface area contributed by atoms with E-state index in [9.17, 15) is 4.79 Å². The van der Waals surface area contributed by atoms with Crippen LogP contribution in [-0.4, -0.2) is 11.2 Å². The molecule has 0 radical (unpaired) electrons. The van der Waals surface area contributed by atoms with Gasteiger partial charge in [-0.25, -0.2) is 4.79 Å². The number of benzene rings is 2. The molecule has 0 saturated carbocycles. The van der Waals surface area contributed by atoms with Gasteiger partial charge in [-0.05, 0) is 54.5 Å². The molecular formula is C18H19NO2. The Kier molecular flexibility index (Phi) is 3.65. The largest absolute Gasteiger partial charge is 0.465 e. The Bertz CT molecular complexity index is 679. The minimum absolute atomic E-state index is 0.0870. The highest BCUT2D eigenvalue weighted by atomic mass is 16.4. The lowest BCUT2D eigenvalue weighted by molar-refractivity contribution is 0.188. The molecule has 2 N–H and O–H groups in total. The molecule has 108 valence electrons. The fourth-order valence-corrected chi connectivity index (χ4v) is 3.10. The Morgan fingerprint density at radius 2 is 2.00 bits per heavy atom. The zero-order valence-corrected chi connectivity index (χ0v) is 12.1. The maximum atomic E-state index is 11.0. The van der Waals surface area contributed by atoms with Gasteiger partial charge in [0.25, 0.3) is 0 Å². The van der Waals surface area contributed by atoms with Crippen LogP contribution < -0.4 is 5.32 Å². The lowest BCUT2D eigenvalue weighted by Gasteiger charge is -2.26. The minimum atomic E-state index is -0.950. The van der Waals surface area contributed by atoms with E-state index in [4.69, 9.17) is 5.11 Å². The van der Waals surface area contributed by atoms with Gasteiger partial charge in [-0.2, -0.15) is 0 Å². The van der Waals surface area contributed by atoms with E-state index in [1.807, 2.05) is 0 Å². The number of aryl methyl sites for hydroxylation is 2. The molecule has 1 atom stereocenters. The van der Waals surface area contributed by atoms with Gasteiger partial charge in [-0.15, -0.1) is 0 Å². The molecule has 2 aromatic carbocycles. The van der Waals surface area contributed by atoms with E-state index in [2.05, 4.69) is 54.7 Å². The van der Waals surface area contributed by atoms with Crippen molar-refractivity contribution in [1.29, 1.82) is 0 Å². The van der Waals surface area contributed by atoms with Crippen molar-refractivity contribution in [2.24, 2.45) is 0 Å². The highest BCUT2D eigenvalue weighted by molar-refractivity contribution is 5.68. The van der Waals surface area contributed by atoms with Crippen molar-refractivity contribution >= 4 is 6.09 Å². The van der Waals surface area contributed by atoms with Gasteiger partial charge in [-0.3, -0.25) is 0 Å². The number of carbonyl (C=O) groups is 1. The third-order valence-electron chi connectivity index (χ3n) is 4.11. The van der Waals surface area contributed by atoms with Crippen molar-refractivity contribution in [3.05, 3.63) is 59.2 Å². The Morgan fingerprint density at radius 1 is 1.19 bits per heavy atom. The first kappa shape index (κ1) is 13.7. The molecule has 0 heterocycles. The molecule has 2 aromatic rings. The summed E-state index contributed by atoms with van der Waals surface area (Å²) in [6.45, 7) is 2.08. The number of amides is 1. The molecule has 0 bridgehead atoms. The third-order valence-corrected chi connectivity index (χ3v) is 4.11. The van der Waals surface area contributed by atoms with Crippen LogP contribution in [0, 0.1) is 6.92 Å². The van der Waals surface area contributed by atoms with Gasteiger partial charge in [0.1, 0.15) is 0 Å². The molecule has 1 unspecified atom stereocenters. The zero-order chi connectivity index (χ0) is 14.8. The van der Waals surface area contributed by atoms with E-state index in [0.717, 1.165) is 30.4 Å². The molecular weight excluding hydrogens is 262 g/mol. The van der Waals surface area contributed by atoms with Crippen LogP contribution in [0.3, 0.4) is 0 Å². The van der Waals surface area contributed by atoms with E-state index in [0.29, 0.717) is 0 Å². The molecule has 0 spiro atoms. The topological polar surface area (TPSA) is 49.3 Å². The summed E-state index contributed by atoms with van der Waals surface area (Å²) in [7, 11) is 0. The van der Waals surface area contributed by atoms with Gasteiger partial charge in [0.05, 0.1) is 6.04 Å². The summed E-state index contributed by atoms with van der Waals surface area (Å²) in [5.74, 6) is 0. The lowest BCUT2D eigenvalue weighted by atomic mass is 9.85. The van der Waals surface area contributed by atoms with Crippen LogP contribution in [0.5, 0.6) is 0 Å². The van der Waals surface area contributed by atoms with Crippen molar-refractivity contribution in [2.75, 3.05) is 0 Å². The van der Waals surface area contributed by atoms with Crippen molar-refractivity contribution in [3.63, 3.8) is 0 Å². The van der Waals surface area contributed by atoms with Crippen LogP contribution in [0.1, 0.15) is 35.6 Å². The number of rotatable bonds is 2. The predicted molar refractivity (Wildman–Crippen MR) is 83.5 cm³/mol. The van der Waals surface area contributed by atoms with Gasteiger partial charge < -0.3 is 10.4 Å². The predicted octanol–water partition coefficient (Wildman–Crippen LogP) is 4.31. The van der Waals surface area contributed by atoms with Gasteiger partial charge in [0.2, 0.25) is 0 Å². The van der Waals surface area contributed by atoms with E-state index in [-0.39, 0.29) is 6.04 Å². The normalized spacial score (nSPS) is 17.1. The summed E-state index contributed by atoms with van der Waals surface area (Å²) < 4.78 is 0. The first-order valence-electron chi connectivity index (χ1n) is 7.33. The standard InChI is InChI=1S/C18H19NO2/c1-12-4-2-6-14(10-12)15-9-8-13-5-3-7-17(16(13)11-15)19-18(20)21/h2,4,6,8-11,17,19H,3,5,7H2,1H3,(H,20,21). The summed E-state index contributed by atoms with van der Waals surface area (Å²) in [4.78, 5) is 11.0. The van der Waals surface area contributed by atoms with Gasteiger partial charge in [0, 0.05) is 0 Å². The highest BCUT2D eigenvalue weighted by Gasteiger charge is 2.22. The van der Waals surface area contributed by atoms with Gasteiger partial charge in [-0.1, -0.05) is 42.0 Å². The molecule has 3 nitrogen and oxygen atoms in total. The maximum Gasteiger partial charge on any atom is 0.405 e. The monoisotopic (exact) mass is 281 g/mol. The summed E-state index contributed by atoms with van der Waals surface area (Å²) in [5, 5.41) is 11.6. The SMILES string of the molecule is Cc1cccc(-c2ccc3c(c2)C(NC(=O)O)CCC3)c1. The summed E-state index contributed by atoms with van der Waals surface area (Å²) in [6, 6.07) is 14.7. The number of nitrogens with one attached hydrogen (secondary N) is 1. The number of hydrogen-bond acceptors (Lipinski definition) is 1. The minimum Gasteiger partial charge on any atom is -0.465 e. The molecule has 0 aromatic heterocycles. The Morgan fingerprint density at radius 3 is 2.76 bits per heavy atom. The third kappa shape index (κ3) is 2.92. The van der Waals surface area contributed by atoms with E-state index >= 15 is 0 Å². The van der Waals surface area contributed by atoms with Gasteiger partial charge in [0.15, 0.2) is 0 Å². The Labute approximate surface area is 124 Å². The molecule has 0 fully saturated rings. The smallest absolute Gasteiger partial charge is 0.405 e. The lowest BCUT2D eigenvalue weighted by Crippen LogP contribution is -2.29. The number of carboxylic acid groups (broad SMARTS) is 1. The summed E-state index contributed by atoms with van der Waals surface area (Å²) in [6.07, 6.45) is 1.98. The van der Waals surface area contributed by atoms with Crippen molar-refractivity contribution < 1.29 is 9.90 Å². The van der Waals surface area contributed by atoms with Gasteiger partial charge >= 0.3 is 6.09 Å². The summed E-state index contributed by atoms with van der Waals surface area (Å²) in [5.41, 5.74) is 5.94. The molecule has 3 heteroatoms. The first-order valence-corrected chi connectivity index (χ1v) is 7.33. The fourth-order valence-electron chi connectivity index (χ4n) is 3.10. The van der Waals surface area contributed by atoms with E-state index < -0.39 is 6.09 Å². The second-order valence-corrected chi connectivity index (χ2v) is 5.68. The number of hydrogen-bond donors (Lipinski definition) is 2.